The van der Waals surface area contributed by atoms with E-state index in [0.717, 1.165) is 0 Å². The second kappa shape index (κ2) is 6.17. The lowest BCUT2D eigenvalue weighted by Gasteiger charge is -2.17. The van der Waals surface area contributed by atoms with Crippen LogP contribution in [-0.4, -0.2) is 8.80 Å². The van der Waals surface area contributed by atoms with Gasteiger partial charge in [-0.15, -0.1) is 0 Å². The van der Waals surface area contributed by atoms with Crippen LogP contribution >= 0.6 is 0 Å². The monoisotopic (exact) mass is 250 g/mol. The molecule has 2 aromatic rings. The van der Waals surface area contributed by atoms with Gasteiger partial charge < -0.3 is 0 Å². The van der Waals surface area contributed by atoms with Crippen molar-refractivity contribution in [3.8, 4) is 0 Å². The predicted molar refractivity (Wildman–Crippen MR) is 83.3 cm³/mol. The zero-order valence-electron chi connectivity index (χ0n) is 10.7. The number of hydrogen-bond acceptors (Lipinski definition) is 0. The van der Waals surface area contributed by atoms with Crippen molar-refractivity contribution in [2.75, 3.05) is 0 Å². The number of rotatable bonds is 4. The maximum atomic E-state index is 3.82. The maximum absolute atomic E-state index is 3.82. The molecule has 2 aromatic carbocycles. The van der Waals surface area contributed by atoms with Gasteiger partial charge in [-0.1, -0.05) is 95.0 Å². The molecule has 0 radical (unpaired) electrons. The molecule has 0 aliphatic carbocycles. The van der Waals surface area contributed by atoms with Crippen LogP contribution in [0.4, 0.5) is 0 Å². The van der Waals surface area contributed by atoms with Gasteiger partial charge in [0.2, 0.25) is 0 Å². The molecule has 90 valence electrons. The van der Waals surface area contributed by atoms with Crippen molar-refractivity contribution in [3.05, 3.63) is 84.6 Å². The quantitative estimate of drug-likeness (QED) is 0.578. The predicted octanol–water partition coefficient (Wildman–Crippen LogP) is 2.70. The van der Waals surface area contributed by atoms with Gasteiger partial charge in [-0.2, -0.15) is 0 Å². The van der Waals surface area contributed by atoms with Crippen molar-refractivity contribution in [1.82, 2.24) is 0 Å². The molecule has 0 N–H and O–H groups in total. The van der Waals surface area contributed by atoms with E-state index >= 15 is 0 Å². The molecule has 1 heteroatoms. The molecular weight excluding hydrogens is 232 g/mol. The standard InChI is InChI=1S/C17H18Si/c1-3-10-15(2)18(16-11-6-4-7-12-16)17-13-8-5-9-14-17/h3-14,18H,1H2,2H3/b15-10+. The summed E-state index contributed by atoms with van der Waals surface area (Å²) in [5, 5.41) is 4.36. The molecule has 0 aliphatic heterocycles. The SMILES string of the molecule is C=C/C=C(\C)[SiH](c1ccccc1)c1ccccc1. The molecule has 0 aromatic heterocycles. The molecule has 0 aliphatic rings. The second-order valence-electron chi connectivity index (χ2n) is 4.40. The Hall–Kier alpha value is -1.86. The van der Waals surface area contributed by atoms with Crippen LogP contribution in [0.15, 0.2) is 84.6 Å². The van der Waals surface area contributed by atoms with Crippen LogP contribution in [0.3, 0.4) is 0 Å². The van der Waals surface area contributed by atoms with Crippen LogP contribution in [0, 0.1) is 0 Å². The van der Waals surface area contributed by atoms with Gasteiger partial charge in [0, 0.05) is 0 Å². The van der Waals surface area contributed by atoms with Gasteiger partial charge in [0.25, 0.3) is 0 Å². The van der Waals surface area contributed by atoms with Crippen LogP contribution in [0.5, 0.6) is 0 Å². The summed E-state index contributed by atoms with van der Waals surface area (Å²) in [6, 6.07) is 21.6. The summed E-state index contributed by atoms with van der Waals surface area (Å²) in [4.78, 5) is 0. The highest BCUT2D eigenvalue weighted by atomic mass is 28.3. The van der Waals surface area contributed by atoms with Crippen LogP contribution < -0.4 is 10.4 Å². The summed E-state index contributed by atoms with van der Waals surface area (Å²) in [7, 11) is -1.27. The minimum Gasteiger partial charge on any atom is -0.0991 e. The van der Waals surface area contributed by atoms with E-state index in [1.807, 2.05) is 6.08 Å². The third-order valence-electron chi connectivity index (χ3n) is 3.10. The second-order valence-corrected chi connectivity index (χ2v) is 7.51. The Bertz CT molecular complexity index is 487. The average Bonchev–Trinajstić information content (AvgIpc) is 2.42. The molecule has 0 nitrogen and oxygen atoms in total. The topological polar surface area (TPSA) is 0 Å². The van der Waals surface area contributed by atoms with Crippen molar-refractivity contribution in [2.24, 2.45) is 0 Å². The zero-order valence-corrected chi connectivity index (χ0v) is 11.9. The first-order valence-electron chi connectivity index (χ1n) is 6.22. The Balaban J connectivity index is 2.48. The Morgan fingerprint density at radius 2 is 1.33 bits per heavy atom. The Morgan fingerprint density at radius 1 is 0.889 bits per heavy atom. The fourth-order valence-electron chi connectivity index (χ4n) is 2.29. The highest BCUT2D eigenvalue weighted by molar-refractivity contribution is 6.90. The van der Waals surface area contributed by atoms with E-state index in [1.165, 1.54) is 15.6 Å². The van der Waals surface area contributed by atoms with Gasteiger partial charge in [-0.25, -0.2) is 0 Å². The first kappa shape index (κ1) is 12.6. The van der Waals surface area contributed by atoms with Crippen LogP contribution in [-0.2, 0) is 0 Å². The number of hydrogen-bond donors (Lipinski definition) is 0. The van der Waals surface area contributed by atoms with E-state index in [4.69, 9.17) is 0 Å². The Morgan fingerprint density at radius 3 is 1.72 bits per heavy atom. The largest absolute Gasteiger partial charge is 0.128 e. The van der Waals surface area contributed by atoms with Crippen molar-refractivity contribution < 1.29 is 0 Å². The van der Waals surface area contributed by atoms with Crippen molar-refractivity contribution in [2.45, 2.75) is 6.92 Å². The molecule has 0 fully saturated rings. The van der Waals surface area contributed by atoms with Crippen LogP contribution in [0.2, 0.25) is 0 Å². The summed E-state index contributed by atoms with van der Waals surface area (Å²) >= 11 is 0. The van der Waals surface area contributed by atoms with E-state index in [1.54, 1.807) is 0 Å². The molecule has 0 amide bonds. The molecule has 0 saturated carbocycles. The first-order valence-corrected chi connectivity index (χ1v) is 7.95. The Labute approximate surface area is 111 Å². The van der Waals surface area contributed by atoms with E-state index < -0.39 is 8.80 Å². The lowest BCUT2D eigenvalue weighted by Crippen LogP contribution is -2.43. The van der Waals surface area contributed by atoms with Crippen molar-refractivity contribution in [3.63, 3.8) is 0 Å². The maximum Gasteiger partial charge on any atom is 0.128 e. The van der Waals surface area contributed by atoms with Crippen molar-refractivity contribution in [1.29, 1.82) is 0 Å². The van der Waals surface area contributed by atoms with Gasteiger partial charge in [-0.3, -0.25) is 0 Å². The molecule has 0 bridgehead atoms. The van der Waals surface area contributed by atoms with Crippen LogP contribution in [0.25, 0.3) is 0 Å². The summed E-state index contributed by atoms with van der Waals surface area (Å²) in [5.41, 5.74) is 0. The Kier molecular flexibility index (Phi) is 4.32. The third kappa shape index (κ3) is 2.87. The van der Waals surface area contributed by atoms with Gasteiger partial charge in [-0.05, 0) is 6.92 Å². The normalized spacial score (nSPS) is 11.6. The van der Waals surface area contributed by atoms with E-state index in [2.05, 4.69) is 80.2 Å². The average molecular weight is 250 g/mol. The molecule has 0 heterocycles. The summed E-state index contributed by atoms with van der Waals surface area (Å²) in [6.45, 7) is 6.04. The lowest BCUT2D eigenvalue weighted by molar-refractivity contribution is 1.61. The fourth-order valence-corrected chi connectivity index (χ4v) is 5.27. The van der Waals surface area contributed by atoms with E-state index in [0.29, 0.717) is 0 Å². The van der Waals surface area contributed by atoms with Crippen LogP contribution in [0.1, 0.15) is 6.92 Å². The fraction of sp³-hybridized carbons (Fsp3) is 0.0588. The van der Waals surface area contributed by atoms with Gasteiger partial charge in [0.15, 0.2) is 0 Å². The summed E-state index contributed by atoms with van der Waals surface area (Å²) < 4.78 is 0. The minimum absolute atomic E-state index is 1.27. The number of allylic oxidation sites excluding steroid dienone is 3. The smallest absolute Gasteiger partial charge is 0.0991 e. The molecule has 0 atom stereocenters. The molecule has 0 unspecified atom stereocenters. The number of benzene rings is 2. The highest BCUT2D eigenvalue weighted by Crippen LogP contribution is 2.03. The molecule has 2 rings (SSSR count). The third-order valence-corrected chi connectivity index (χ3v) is 6.31. The zero-order chi connectivity index (χ0) is 12.8. The minimum atomic E-state index is -1.27. The van der Waals surface area contributed by atoms with Gasteiger partial charge in [0.05, 0.1) is 0 Å². The molecule has 0 saturated heterocycles. The lowest BCUT2D eigenvalue weighted by atomic mass is 10.4. The first-order chi connectivity index (χ1) is 8.83. The molecular formula is C17H18Si. The molecule has 18 heavy (non-hydrogen) atoms. The summed E-state index contributed by atoms with van der Waals surface area (Å²) in [5.74, 6) is 0. The van der Waals surface area contributed by atoms with Crippen molar-refractivity contribution >= 4 is 19.2 Å². The van der Waals surface area contributed by atoms with E-state index in [9.17, 15) is 0 Å². The molecule has 0 spiro atoms. The highest BCUT2D eigenvalue weighted by Gasteiger charge is 2.16. The van der Waals surface area contributed by atoms with Gasteiger partial charge in [0.1, 0.15) is 8.80 Å². The summed E-state index contributed by atoms with van der Waals surface area (Å²) in [6.07, 6.45) is 4.04. The van der Waals surface area contributed by atoms with E-state index in [-0.39, 0.29) is 0 Å². The van der Waals surface area contributed by atoms with Gasteiger partial charge >= 0.3 is 0 Å².